The van der Waals surface area contributed by atoms with E-state index in [-0.39, 0.29) is 6.04 Å². The van der Waals surface area contributed by atoms with Crippen LogP contribution < -0.4 is 10.2 Å². The normalized spacial score (nSPS) is 20.2. The van der Waals surface area contributed by atoms with E-state index in [1.54, 1.807) is 0 Å². The topological polar surface area (TPSA) is 87.0 Å². The molecule has 2 saturated heterocycles. The quantitative estimate of drug-likeness (QED) is 0.875. The Bertz CT molecular complexity index is 887. The van der Waals surface area contributed by atoms with E-state index in [0.29, 0.717) is 17.3 Å². The molecule has 146 valence electrons. The zero-order chi connectivity index (χ0) is 19.5. The molecular formula is C21H26N6O. The lowest BCUT2D eigenvalue weighted by atomic mass is 9.96. The van der Waals surface area contributed by atoms with Gasteiger partial charge >= 0.3 is 0 Å². The number of ether oxygens (including phenoxy) is 1. The molecule has 2 fully saturated rings. The van der Waals surface area contributed by atoms with Crippen molar-refractivity contribution < 1.29 is 4.74 Å². The summed E-state index contributed by atoms with van der Waals surface area (Å²) in [7, 11) is 0. The first-order valence-corrected chi connectivity index (χ1v) is 9.94. The second-order valence-electron chi connectivity index (χ2n) is 7.66. The van der Waals surface area contributed by atoms with Gasteiger partial charge in [-0.15, -0.1) is 0 Å². The Kier molecular flexibility index (Phi) is 5.40. The number of aromatic nitrogens is 3. The number of nitriles is 1. The number of anilines is 2. The van der Waals surface area contributed by atoms with E-state index in [9.17, 15) is 5.26 Å². The predicted octanol–water partition coefficient (Wildman–Crippen LogP) is 2.94. The van der Waals surface area contributed by atoms with Crippen LogP contribution in [0.15, 0.2) is 18.3 Å². The summed E-state index contributed by atoms with van der Waals surface area (Å²) in [4.78, 5) is 16.1. The molecule has 2 aliphatic rings. The lowest BCUT2D eigenvalue weighted by Crippen LogP contribution is -2.28. The first-order valence-electron chi connectivity index (χ1n) is 9.94. The summed E-state index contributed by atoms with van der Waals surface area (Å²) < 4.78 is 5.47. The fraction of sp³-hybridized carbons (Fsp3) is 0.524. The highest BCUT2D eigenvalue weighted by Crippen LogP contribution is 2.27. The van der Waals surface area contributed by atoms with Crippen LogP contribution in [0.3, 0.4) is 0 Å². The van der Waals surface area contributed by atoms with Crippen LogP contribution in [0.5, 0.6) is 0 Å². The van der Waals surface area contributed by atoms with E-state index >= 15 is 0 Å². The Labute approximate surface area is 165 Å². The van der Waals surface area contributed by atoms with Gasteiger partial charge < -0.3 is 15.0 Å². The molecule has 1 atom stereocenters. The number of hydrogen-bond donors (Lipinski definition) is 1. The molecule has 1 unspecified atom stereocenters. The van der Waals surface area contributed by atoms with Crippen molar-refractivity contribution in [1.82, 2.24) is 15.0 Å². The summed E-state index contributed by atoms with van der Waals surface area (Å²) in [5.41, 5.74) is 3.62. The molecule has 7 nitrogen and oxygen atoms in total. The Hall–Kier alpha value is -2.72. The van der Waals surface area contributed by atoms with Crippen molar-refractivity contribution in [2.24, 2.45) is 0 Å². The van der Waals surface area contributed by atoms with Crippen LogP contribution in [0.25, 0.3) is 0 Å². The molecule has 1 N–H and O–H groups in total. The standard InChI is InChI=1S/C21H26N6O/c1-14-11-15(2)24-20(18(14)12-22)25-17-4-8-27(13-17)21-23-7-3-19(26-21)16-5-9-28-10-6-16/h3,7,11,16-17H,4-6,8-10,13H2,1-2H3,(H,24,25). The van der Waals surface area contributed by atoms with E-state index in [2.05, 4.69) is 26.3 Å². The summed E-state index contributed by atoms with van der Waals surface area (Å²) in [6, 6.07) is 6.47. The third-order valence-electron chi connectivity index (χ3n) is 5.57. The van der Waals surface area contributed by atoms with Gasteiger partial charge in [0.25, 0.3) is 0 Å². The lowest BCUT2D eigenvalue weighted by molar-refractivity contribution is 0.0845. The van der Waals surface area contributed by atoms with Gasteiger partial charge in [-0.05, 0) is 50.8 Å². The van der Waals surface area contributed by atoms with Crippen molar-refractivity contribution in [1.29, 1.82) is 5.26 Å². The van der Waals surface area contributed by atoms with Gasteiger partial charge in [-0.25, -0.2) is 15.0 Å². The van der Waals surface area contributed by atoms with Crippen molar-refractivity contribution >= 4 is 11.8 Å². The number of nitrogens with zero attached hydrogens (tertiary/aromatic N) is 5. The summed E-state index contributed by atoms with van der Waals surface area (Å²) in [6.45, 7) is 7.22. The van der Waals surface area contributed by atoms with Crippen LogP contribution in [0.1, 0.15) is 47.7 Å². The van der Waals surface area contributed by atoms with Gasteiger partial charge in [0.05, 0.1) is 5.56 Å². The molecule has 0 amide bonds. The number of aryl methyl sites for hydroxylation is 2. The van der Waals surface area contributed by atoms with Gasteiger partial charge in [-0.1, -0.05) is 0 Å². The largest absolute Gasteiger partial charge is 0.381 e. The zero-order valence-electron chi connectivity index (χ0n) is 16.5. The van der Waals surface area contributed by atoms with Crippen LogP contribution in [0, 0.1) is 25.2 Å². The number of hydrogen-bond acceptors (Lipinski definition) is 7. The molecule has 0 aromatic carbocycles. The maximum absolute atomic E-state index is 9.48. The Morgan fingerprint density at radius 2 is 2.04 bits per heavy atom. The second kappa shape index (κ2) is 8.11. The van der Waals surface area contributed by atoms with Crippen molar-refractivity contribution in [2.45, 2.75) is 45.1 Å². The molecule has 0 bridgehead atoms. The average molecular weight is 378 g/mol. The van der Waals surface area contributed by atoms with Gasteiger partial charge in [0.1, 0.15) is 11.9 Å². The van der Waals surface area contributed by atoms with Gasteiger partial charge in [-0.3, -0.25) is 0 Å². The third-order valence-corrected chi connectivity index (χ3v) is 5.57. The van der Waals surface area contributed by atoms with Gasteiger partial charge in [0.2, 0.25) is 5.95 Å². The highest BCUT2D eigenvalue weighted by Gasteiger charge is 2.26. The van der Waals surface area contributed by atoms with Crippen LogP contribution in [0.4, 0.5) is 11.8 Å². The fourth-order valence-corrected chi connectivity index (χ4v) is 4.07. The van der Waals surface area contributed by atoms with Crippen LogP contribution in [-0.4, -0.2) is 47.3 Å². The molecule has 2 aromatic heterocycles. The monoisotopic (exact) mass is 378 g/mol. The van der Waals surface area contributed by atoms with Gasteiger partial charge in [0.15, 0.2) is 0 Å². The molecule has 4 heterocycles. The SMILES string of the molecule is Cc1cc(C)c(C#N)c(NC2CCN(c3nccc(C4CCOCC4)n3)C2)n1. The van der Waals surface area contributed by atoms with E-state index in [1.165, 1.54) is 0 Å². The maximum atomic E-state index is 9.48. The van der Waals surface area contributed by atoms with Gasteiger partial charge in [-0.2, -0.15) is 5.26 Å². The summed E-state index contributed by atoms with van der Waals surface area (Å²) in [6.07, 6.45) is 4.88. The first-order chi connectivity index (χ1) is 13.6. The first kappa shape index (κ1) is 18.6. The van der Waals surface area contributed by atoms with Crippen molar-refractivity contribution in [3.63, 3.8) is 0 Å². The van der Waals surface area contributed by atoms with Crippen LogP contribution >= 0.6 is 0 Å². The zero-order valence-corrected chi connectivity index (χ0v) is 16.5. The van der Waals surface area contributed by atoms with Crippen molar-refractivity contribution in [3.8, 4) is 6.07 Å². The Morgan fingerprint density at radius 3 is 2.82 bits per heavy atom. The third kappa shape index (κ3) is 3.92. The highest BCUT2D eigenvalue weighted by atomic mass is 16.5. The number of nitrogens with one attached hydrogen (secondary N) is 1. The van der Waals surface area contributed by atoms with Crippen LogP contribution in [0.2, 0.25) is 0 Å². The average Bonchev–Trinajstić information content (AvgIpc) is 3.17. The molecule has 0 saturated carbocycles. The summed E-state index contributed by atoms with van der Waals surface area (Å²) in [5, 5.41) is 13.0. The predicted molar refractivity (Wildman–Crippen MR) is 107 cm³/mol. The Balaban J connectivity index is 1.46. The molecule has 2 aliphatic heterocycles. The molecule has 2 aromatic rings. The molecule has 4 rings (SSSR count). The summed E-state index contributed by atoms with van der Waals surface area (Å²) in [5.74, 6) is 1.94. The van der Waals surface area contributed by atoms with E-state index in [0.717, 1.165) is 68.5 Å². The van der Waals surface area contributed by atoms with Crippen LogP contribution in [-0.2, 0) is 4.74 Å². The molecule has 28 heavy (non-hydrogen) atoms. The smallest absolute Gasteiger partial charge is 0.225 e. The van der Waals surface area contributed by atoms with E-state index in [1.807, 2.05) is 32.2 Å². The highest BCUT2D eigenvalue weighted by molar-refractivity contribution is 5.57. The number of pyridine rings is 1. The number of rotatable bonds is 4. The molecule has 0 aliphatic carbocycles. The minimum absolute atomic E-state index is 0.219. The van der Waals surface area contributed by atoms with Gasteiger partial charge in [0, 0.05) is 55.8 Å². The van der Waals surface area contributed by atoms with E-state index < -0.39 is 0 Å². The minimum atomic E-state index is 0.219. The fourth-order valence-electron chi connectivity index (χ4n) is 4.07. The second-order valence-corrected chi connectivity index (χ2v) is 7.66. The molecule has 0 radical (unpaired) electrons. The van der Waals surface area contributed by atoms with E-state index in [4.69, 9.17) is 9.72 Å². The van der Waals surface area contributed by atoms with Crippen molar-refractivity contribution in [3.05, 3.63) is 40.8 Å². The molecule has 0 spiro atoms. The molecule has 7 heteroatoms. The molecular weight excluding hydrogens is 352 g/mol. The summed E-state index contributed by atoms with van der Waals surface area (Å²) >= 11 is 0. The lowest BCUT2D eigenvalue weighted by Gasteiger charge is -2.23. The maximum Gasteiger partial charge on any atom is 0.225 e. The Morgan fingerprint density at radius 1 is 1.21 bits per heavy atom. The minimum Gasteiger partial charge on any atom is -0.381 e. The van der Waals surface area contributed by atoms with Crippen molar-refractivity contribution in [2.75, 3.05) is 36.5 Å².